The highest BCUT2D eigenvalue weighted by atomic mass is 19.1. The van der Waals surface area contributed by atoms with E-state index in [1.54, 1.807) is 25.3 Å². The van der Waals surface area contributed by atoms with Gasteiger partial charge in [0, 0.05) is 5.56 Å². The molecule has 0 aliphatic heterocycles. The Balaban J connectivity index is 1.38. The second kappa shape index (κ2) is 13.6. The van der Waals surface area contributed by atoms with Crippen LogP contribution in [0.15, 0.2) is 106 Å². The van der Waals surface area contributed by atoms with Crippen molar-refractivity contribution in [3.05, 3.63) is 146 Å². The van der Waals surface area contributed by atoms with Crippen LogP contribution in [0.3, 0.4) is 0 Å². The van der Waals surface area contributed by atoms with Crippen molar-refractivity contribution in [1.82, 2.24) is 10.1 Å². The maximum absolute atomic E-state index is 14.5. The van der Waals surface area contributed by atoms with Gasteiger partial charge in [0.1, 0.15) is 11.6 Å². The zero-order valence-corrected chi connectivity index (χ0v) is 23.7. The molecule has 8 heteroatoms. The fourth-order valence-electron chi connectivity index (χ4n) is 4.95. The molecular formula is C35H31FN2O5. The molecule has 2 N–H and O–H groups in total. The van der Waals surface area contributed by atoms with E-state index in [9.17, 15) is 19.1 Å². The number of aromatic nitrogens is 2. The molecule has 0 unspecified atom stereocenters. The van der Waals surface area contributed by atoms with Gasteiger partial charge in [0.05, 0.1) is 12.7 Å². The number of benzene rings is 4. The van der Waals surface area contributed by atoms with Crippen LogP contribution in [-0.4, -0.2) is 28.3 Å². The smallest absolute Gasteiger partial charge is 0.439 e. The van der Waals surface area contributed by atoms with Gasteiger partial charge in [-0.3, -0.25) is 9.51 Å². The second-order valence-corrected chi connectivity index (χ2v) is 10.3. The lowest BCUT2D eigenvalue weighted by Crippen LogP contribution is -2.00. The van der Waals surface area contributed by atoms with Gasteiger partial charge in [0.2, 0.25) is 0 Å². The van der Waals surface area contributed by atoms with Crippen LogP contribution >= 0.6 is 0 Å². The Bertz CT molecular complexity index is 1770. The minimum atomic E-state index is -0.971. The number of hydrogen-bond acceptors (Lipinski definition) is 5. The van der Waals surface area contributed by atoms with Crippen molar-refractivity contribution in [2.75, 3.05) is 7.11 Å². The predicted molar refractivity (Wildman–Crippen MR) is 163 cm³/mol. The number of methoxy groups -OCH3 is 1. The van der Waals surface area contributed by atoms with Crippen molar-refractivity contribution in [3.8, 4) is 17.1 Å². The molecule has 0 atom stereocenters. The van der Waals surface area contributed by atoms with Gasteiger partial charge in [0.15, 0.2) is 5.82 Å². The zero-order valence-electron chi connectivity index (χ0n) is 23.7. The fourth-order valence-corrected chi connectivity index (χ4v) is 4.95. The van der Waals surface area contributed by atoms with E-state index >= 15 is 0 Å². The van der Waals surface area contributed by atoms with E-state index < -0.39 is 11.7 Å². The third-order valence-corrected chi connectivity index (χ3v) is 7.34. The lowest BCUT2D eigenvalue weighted by Gasteiger charge is -2.13. The number of aromatic amines is 1. The van der Waals surface area contributed by atoms with Crippen LogP contribution in [0.1, 0.15) is 44.6 Å². The molecule has 0 aliphatic rings. The molecule has 0 saturated carbocycles. The number of H-pyrrole nitrogens is 1. The minimum Gasteiger partial charge on any atom is -0.497 e. The lowest BCUT2D eigenvalue weighted by atomic mass is 9.93. The first-order valence-corrected chi connectivity index (χ1v) is 13.9. The van der Waals surface area contributed by atoms with Crippen LogP contribution in [0.5, 0.6) is 5.75 Å². The zero-order chi connectivity index (χ0) is 30.2. The summed E-state index contributed by atoms with van der Waals surface area (Å²) in [5.74, 6) is -0.702. The third kappa shape index (κ3) is 7.95. The Morgan fingerprint density at radius 1 is 0.907 bits per heavy atom. The average Bonchev–Trinajstić information content (AvgIpc) is 3.46. The molecule has 0 aliphatic carbocycles. The molecule has 5 aromatic rings. The van der Waals surface area contributed by atoms with Crippen molar-refractivity contribution < 1.29 is 23.6 Å². The second-order valence-electron chi connectivity index (χ2n) is 10.3. The van der Waals surface area contributed by atoms with Crippen molar-refractivity contribution >= 4 is 12.0 Å². The number of aromatic carboxylic acids is 1. The van der Waals surface area contributed by atoms with Gasteiger partial charge in [-0.1, -0.05) is 71.4 Å². The van der Waals surface area contributed by atoms with Crippen LogP contribution in [-0.2, 0) is 25.7 Å². The maximum Gasteiger partial charge on any atom is 0.439 e. The molecule has 218 valence electrons. The SMILES string of the molecule is COc1ccc(CCc2ccc(F)cc2C=C(CCc2ccc(-c3noc(=O)[nH]3)cc2)Cc2ccc(C(=O)O)cc2)cc1. The van der Waals surface area contributed by atoms with Gasteiger partial charge in [0.25, 0.3) is 0 Å². The number of carbonyl (C=O) groups is 1. The molecule has 0 radical (unpaired) electrons. The first kappa shape index (κ1) is 29.3. The molecular weight excluding hydrogens is 547 g/mol. The van der Waals surface area contributed by atoms with Gasteiger partial charge in [-0.2, -0.15) is 0 Å². The van der Waals surface area contributed by atoms with E-state index in [0.717, 1.165) is 64.0 Å². The Morgan fingerprint density at radius 3 is 2.23 bits per heavy atom. The van der Waals surface area contributed by atoms with E-state index in [4.69, 9.17) is 4.74 Å². The van der Waals surface area contributed by atoms with E-state index in [1.807, 2.05) is 66.7 Å². The molecule has 0 amide bonds. The standard InChI is InChI=1S/C35H31FN2O5/c1-42-32-18-9-24(10-19-32)4-11-27-16-17-31(36)22-30(27)21-26(20-25-7-14-29(15-8-25)34(39)40)3-2-23-5-12-28(13-6-23)33-37-35(41)43-38-33/h5-10,12-19,21-22H,2-4,11,20H2,1H3,(H,39,40)(H,37,38,41). The first-order valence-electron chi connectivity index (χ1n) is 13.9. The van der Waals surface area contributed by atoms with Crippen molar-refractivity contribution in [2.24, 2.45) is 0 Å². The molecule has 1 aromatic heterocycles. The highest BCUT2D eigenvalue weighted by molar-refractivity contribution is 5.87. The number of halogens is 1. The first-order chi connectivity index (χ1) is 20.9. The van der Waals surface area contributed by atoms with Gasteiger partial charge in [-0.15, -0.1) is 0 Å². The van der Waals surface area contributed by atoms with Crippen molar-refractivity contribution in [1.29, 1.82) is 0 Å². The molecule has 0 bridgehead atoms. The molecule has 1 heterocycles. The number of nitrogens with one attached hydrogen (secondary N) is 1. The highest BCUT2D eigenvalue weighted by Gasteiger charge is 2.10. The van der Waals surface area contributed by atoms with Gasteiger partial charge in [-0.25, -0.2) is 14.0 Å². The van der Waals surface area contributed by atoms with E-state index in [-0.39, 0.29) is 11.4 Å². The molecule has 5 rings (SSSR count). The van der Waals surface area contributed by atoms with Gasteiger partial charge < -0.3 is 9.84 Å². The van der Waals surface area contributed by atoms with Crippen LogP contribution in [0.2, 0.25) is 0 Å². The topological polar surface area (TPSA) is 105 Å². The van der Waals surface area contributed by atoms with Crippen LogP contribution in [0.4, 0.5) is 4.39 Å². The summed E-state index contributed by atoms with van der Waals surface area (Å²) < 4.78 is 24.3. The molecule has 4 aromatic carbocycles. The Hall–Kier alpha value is -5.24. The van der Waals surface area contributed by atoms with Crippen LogP contribution in [0.25, 0.3) is 17.5 Å². The summed E-state index contributed by atoms with van der Waals surface area (Å²) in [6.45, 7) is 0. The Kier molecular flexibility index (Phi) is 9.26. The summed E-state index contributed by atoms with van der Waals surface area (Å²) in [6, 6.07) is 27.4. The maximum atomic E-state index is 14.5. The normalized spacial score (nSPS) is 11.4. The van der Waals surface area contributed by atoms with Crippen LogP contribution < -0.4 is 10.5 Å². The average molecular weight is 579 g/mol. The summed E-state index contributed by atoms with van der Waals surface area (Å²) >= 11 is 0. The van der Waals surface area contributed by atoms with Gasteiger partial charge >= 0.3 is 11.7 Å². The minimum absolute atomic E-state index is 0.230. The Labute approximate surface area is 248 Å². The summed E-state index contributed by atoms with van der Waals surface area (Å²) in [4.78, 5) is 25.2. The monoisotopic (exact) mass is 578 g/mol. The number of allylic oxidation sites excluding steroid dienone is 1. The lowest BCUT2D eigenvalue weighted by molar-refractivity contribution is 0.0697. The number of carboxylic acids is 1. The van der Waals surface area contributed by atoms with E-state index in [0.29, 0.717) is 18.7 Å². The molecule has 0 saturated heterocycles. The number of ether oxygens (including phenoxy) is 1. The quantitative estimate of drug-likeness (QED) is 0.167. The number of hydrogen-bond donors (Lipinski definition) is 2. The van der Waals surface area contributed by atoms with Gasteiger partial charge in [-0.05, 0) is 96.3 Å². The molecule has 7 nitrogen and oxygen atoms in total. The third-order valence-electron chi connectivity index (χ3n) is 7.34. The Morgan fingerprint density at radius 2 is 1.58 bits per heavy atom. The predicted octanol–water partition coefficient (Wildman–Crippen LogP) is 6.92. The number of nitrogens with zero attached hydrogens (tertiary/aromatic N) is 1. The van der Waals surface area contributed by atoms with Crippen LogP contribution in [0, 0.1) is 5.82 Å². The largest absolute Gasteiger partial charge is 0.497 e. The van der Waals surface area contributed by atoms with Crippen molar-refractivity contribution in [2.45, 2.75) is 32.1 Å². The molecule has 0 fully saturated rings. The fraction of sp³-hybridized carbons (Fsp3) is 0.171. The summed E-state index contributed by atoms with van der Waals surface area (Å²) in [7, 11) is 1.64. The van der Waals surface area contributed by atoms with E-state index in [2.05, 4.69) is 20.7 Å². The van der Waals surface area contributed by atoms with Crippen molar-refractivity contribution in [3.63, 3.8) is 0 Å². The number of aryl methyl sites for hydroxylation is 3. The molecule has 43 heavy (non-hydrogen) atoms. The highest BCUT2D eigenvalue weighted by Crippen LogP contribution is 2.24. The van der Waals surface area contributed by atoms with E-state index in [1.165, 1.54) is 6.07 Å². The summed E-state index contributed by atoms with van der Waals surface area (Å²) in [5, 5.41) is 13.0. The summed E-state index contributed by atoms with van der Waals surface area (Å²) in [5.41, 5.74) is 7.15. The number of rotatable bonds is 12. The summed E-state index contributed by atoms with van der Waals surface area (Å²) in [6.07, 6.45) is 5.62. The number of carboxylic acid groups (broad SMARTS) is 1. The molecule has 0 spiro atoms.